The maximum Gasteiger partial charge on any atom is 0.146 e. The maximum atomic E-state index is 6.20. The lowest BCUT2D eigenvalue weighted by Gasteiger charge is -2.32. The van der Waals surface area contributed by atoms with Crippen LogP contribution in [0.25, 0.3) is 0 Å². The van der Waals surface area contributed by atoms with Gasteiger partial charge in [0.25, 0.3) is 0 Å². The molecule has 3 rings (SSSR count). The van der Waals surface area contributed by atoms with E-state index in [2.05, 4.69) is 39.8 Å². The molecule has 1 aliphatic rings. The molecule has 5 heteroatoms. The van der Waals surface area contributed by atoms with Gasteiger partial charge < -0.3 is 14.6 Å². The Hall–Kier alpha value is -1.72. The van der Waals surface area contributed by atoms with E-state index in [1.807, 2.05) is 24.6 Å². The van der Waals surface area contributed by atoms with Crippen molar-refractivity contribution in [3.8, 4) is 0 Å². The summed E-state index contributed by atoms with van der Waals surface area (Å²) in [5.74, 6) is 1.93. The minimum Gasteiger partial charge on any atom is -0.372 e. The van der Waals surface area contributed by atoms with Crippen LogP contribution in [-0.4, -0.2) is 26.9 Å². The molecule has 1 aromatic carbocycles. The molecule has 0 saturated heterocycles. The van der Waals surface area contributed by atoms with Crippen LogP contribution in [0.3, 0.4) is 0 Å². The van der Waals surface area contributed by atoms with Gasteiger partial charge in [-0.05, 0) is 25.3 Å². The second kappa shape index (κ2) is 7.70. The first-order valence-electron chi connectivity index (χ1n) is 8.48. The highest BCUT2D eigenvalue weighted by molar-refractivity contribution is 5.13. The molecule has 2 atom stereocenters. The Morgan fingerprint density at radius 2 is 1.96 bits per heavy atom. The summed E-state index contributed by atoms with van der Waals surface area (Å²) in [6.07, 6.45) is 5.08. The lowest BCUT2D eigenvalue weighted by Crippen LogP contribution is -2.43. The fraction of sp³-hybridized carbons (Fsp3) is 0.556. The average molecular weight is 314 g/mol. The van der Waals surface area contributed by atoms with Gasteiger partial charge in [-0.1, -0.05) is 43.2 Å². The lowest BCUT2D eigenvalue weighted by molar-refractivity contribution is -0.00615. The molecular weight excluding hydrogens is 288 g/mol. The fourth-order valence-corrected chi connectivity index (χ4v) is 3.13. The van der Waals surface area contributed by atoms with E-state index < -0.39 is 0 Å². The lowest BCUT2D eigenvalue weighted by atomic mass is 9.92. The van der Waals surface area contributed by atoms with E-state index in [1.165, 1.54) is 18.4 Å². The fourth-order valence-electron chi connectivity index (χ4n) is 3.13. The van der Waals surface area contributed by atoms with E-state index >= 15 is 0 Å². The molecule has 0 amide bonds. The molecule has 124 valence electrons. The Morgan fingerprint density at radius 3 is 2.70 bits per heavy atom. The number of hydrogen-bond acceptors (Lipinski definition) is 4. The normalized spacial score (nSPS) is 21.5. The third-order valence-electron chi connectivity index (χ3n) is 4.71. The Labute approximate surface area is 138 Å². The molecule has 1 fully saturated rings. The predicted molar refractivity (Wildman–Crippen MR) is 89.9 cm³/mol. The van der Waals surface area contributed by atoms with Gasteiger partial charge in [-0.3, -0.25) is 0 Å². The van der Waals surface area contributed by atoms with Gasteiger partial charge in [-0.15, -0.1) is 10.2 Å². The van der Waals surface area contributed by atoms with Crippen LogP contribution >= 0.6 is 0 Å². The van der Waals surface area contributed by atoms with E-state index in [0.717, 1.165) is 31.0 Å². The minimum absolute atomic E-state index is 0.276. The summed E-state index contributed by atoms with van der Waals surface area (Å²) >= 11 is 0. The minimum atomic E-state index is 0.276. The molecule has 1 heterocycles. The molecule has 23 heavy (non-hydrogen) atoms. The molecule has 0 aliphatic heterocycles. The highest BCUT2D eigenvalue weighted by atomic mass is 16.5. The van der Waals surface area contributed by atoms with Crippen LogP contribution in [0.15, 0.2) is 30.3 Å². The second-order valence-electron chi connectivity index (χ2n) is 6.33. The van der Waals surface area contributed by atoms with Crippen LogP contribution in [0.2, 0.25) is 0 Å². The number of hydrogen-bond donors (Lipinski definition) is 1. The number of rotatable bonds is 6. The van der Waals surface area contributed by atoms with Gasteiger partial charge in [0.05, 0.1) is 19.3 Å². The highest BCUT2D eigenvalue weighted by Gasteiger charge is 2.25. The summed E-state index contributed by atoms with van der Waals surface area (Å²) in [6.45, 7) is 3.41. The molecular formula is C18H26N4O. The van der Waals surface area contributed by atoms with Crippen molar-refractivity contribution < 1.29 is 4.74 Å². The van der Waals surface area contributed by atoms with Gasteiger partial charge in [0.15, 0.2) is 0 Å². The molecule has 1 aromatic heterocycles. The summed E-state index contributed by atoms with van der Waals surface area (Å²) in [7, 11) is 2.01. The highest BCUT2D eigenvalue weighted by Crippen LogP contribution is 2.22. The monoisotopic (exact) mass is 314 g/mol. The number of benzene rings is 1. The van der Waals surface area contributed by atoms with Gasteiger partial charge in [-0.25, -0.2) is 0 Å². The maximum absolute atomic E-state index is 6.20. The van der Waals surface area contributed by atoms with E-state index in [1.54, 1.807) is 0 Å². The number of nitrogens with zero attached hydrogens (tertiary/aromatic N) is 3. The van der Waals surface area contributed by atoms with Crippen LogP contribution in [0.1, 0.15) is 42.9 Å². The van der Waals surface area contributed by atoms with E-state index in [4.69, 9.17) is 4.74 Å². The van der Waals surface area contributed by atoms with Crippen LogP contribution in [0.4, 0.5) is 0 Å². The standard InChI is InChI=1S/C18H26N4O/c1-14-20-21-18(22(14)2)12-19-16-10-6-7-11-17(16)23-13-15-8-4-3-5-9-15/h3-5,8-9,16-17,19H,6-7,10-13H2,1-2H3/t16-,17-/m1/s1. The first kappa shape index (κ1) is 16.1. The van der Waals surface area contributed by atoms with Crippen LogP contribution in [-0.2, 0) is 24.9 Å². The number of nitrogens with one attached hydrogen (secondary N) is 1. The van der Waals surface area contributed by atoms with E-state index in [-0.39, 0.29) is 6.10 Å². The quantitative estimate of drug-likeness (QED) is 0.891. The van der Waals surface area contributed by atoms with E-state index in [9.17, 15) is 0 Å². The van der Waals surface area contributed by atoms with Crippen molar-refractivity contribution in [3.63, 3.8) is 0 Å². The largest absolute Gasteiger partial charge is 0.372 e. The van der Waals surface area contributed by atoms with Crippen molar-refractivity contribution in [2.45, 2.75) is 57.9 Å². The average Bonchev–Trinajstić information content (AvgIpc) is 2.91. The molecule has 5 nitrogen and oxygen atoms in total. The zero-order valence-corrected chi connectivity index (χ0v) is 14.0. The zero-order valence-electron chi connectivity index (χ0n) is 14.0. The van der Waals surface area contributed by atoms with Gasteiger partial charge in [0.1, 0.15) is 11.6 Å². The van der Waals surface area contributed by atoms with Gasteiger partial charge in [-0.2, -0.15) is 0 Å². The van der Waals surface area contributed by atoms with Crippen LogP contribution in [0.5, 0.6) is 0 Å². The van der Waals surface area contributed by atoms with Gasteiger partial charge in [0.2, 0.25) is 0 Å². The zero-order chi connectivity index (χ0) is 16.1. The van der Waals surface area contributed by atoms with Crippen molar-refractivity contribution >= 4 is 0 Å². The van der Waals surface area contributed by atoms with Gasteiger partial charge >= 0.3 is 0 Å². The van der Waals surface area contributed by atoms with E-state index in [0.29, 0.717) is 12.6 Å². The number of aryl methyl sites for hydroxylation is 1. The Morgan fingerprint density at radius 1 is 1.17 bits per heavy atom. The molecule has 0 radical (unpaired) electrons. The Kier molecular flexibility index (Phi) is 5.41. The van der Waals surface area contributed by atoms with Crippen molar-refractivity contribution in [1.29, 1.82) is 0 Å². The number of ether oxygens (including phenoxy) is 1. The molecule has 2 aromatic rings. The summed E-state index contributed by atoms with van der Waals surface area (Å²) in [6, 6.07) is 10.8. The Bertz CT molecular complexity index is 611. The van der Waals surface area contributed by atoms with Gasteiger partial charge in [0, 0.05) is 13.1 Å². The molecule has 1 aliphatic carbocycles. The first-order valence-corrected chi connectivity index (χ1v) is 8.48. The summed E-state index contributed by atoms with van der Waals surface area (Å²) in [5, 5.41) is 12.0. The molecule has 0 unspecified atom stereocenters. The van der Waals surface area contributed by atoms with Crippen LogP contribution < -0.4 is 5.32 Å². The third-order valence-corrected chi connectivity index (χ3v) is 4.71. The van der Waals surface area contributed by atoms with Crippen molar-refractivity contribution in [3.05, 3.63) is 47.5 Å². The SMILES string of the molecule is Cc1nnc(CN[C@@H]2CCCC[C@H]2OCc2ccccc2)n1C. The van der Waals surface area contributed by atoms with Crippen LogP contribution in [0, 0.1) is 6.92 Å². The molecule has 0 spiro atoms. The predicted octanol–water partition coefficient (Wildman–Crippen LogP) is 2.74. The Balaban J connectivity index is 1.54. The second-order valence-corrected chi connectivity index (χ2v) is 6.33. The van der Waals surface area contributed by atoms with Crippen molar-refractivity contribution in [1.82, 2.24) is 20.1 Å². The smallest absolute Gasteiger partial charge is 0.146 e. The van der Waals surface area contributed by atoms with Crippen molar-refractivity contribution in [2.24, 2.45) is 7.05 Å². The molecule has 0 bridgehead atoms. The summed E-state index contributed by atoms with van der Waals surface area (Å²) in [4.78, 5) is 0. The third kappa shape index (κ3) is 4.18. The number of aromatic nitrogens is 3. The van der Waals surface area contributed by atoms with Crippen molar-refractivity contribution in [2.75, 3.05) is 0 Å². The molecule has 1 N–H and O–H groups in total. The topological polar surface area (TPSA) is 52.0 Å². The first-order chi connectivity index (χ1) is 11.2. The summed E-state index contributed by atoms with van der Waals surface area (Å²) < 4.78 is 8.24. The molecule has 1 saturated carbocycles. The summed E-state index contributed by atoms with van der Waals surface area (Å²) in [5.41, 5.74) is 1.24.